The first-order valence-electron chi connectivity index (χ1n) is 5.45. The summed E-state index contributed by atoms with van der Waals surface area (Å²) >= 11 is 4.14. The number of rotatable bonds is 5. The SMILES string of the molecule is O=C(O)[C@@H](NS(=O)(=O)c1sccc1Br)c1ccccc1. The van der Waals surface area contributed by atoms with E-state index in [0.717, 1.165) is 11.3 Å². The van der Waals surface area contributed by atoms with Crippen LogP contribution < -0.4 is 4.72 Å². The Morgan fingerprint density at radius 2 is 1.90 bits per heavy atom. The summed E-state index contributed by atoms with van der Waals surface area (Å²) in [6, 6.07) is 8.43. The van der Waals surface area contributed by atoms with Gasteiger partial charge in [-0.3, -0.25) is 4.79 Å². The fourth-order valence-electron chi connectivity index (χ4n) is 1.59. The molecule has 2 aromatic rings. The second-order valence-electron chi connectivity index (χ2n) is 3.86. The minimum Gasteiger partial charge on any atom is -0.480 e. The van der Waals surface area contributed by atoms with E-state index in [9.17, 15) is 18.3 Å². The van der Waals surface area contributed by atoms with Crippen LogP contribution in [0.5, 0.6) is 0 Å². The second-order valence-corrected chi connectivity index (χ2v) is 7.54. The second kappa shape index (κ2) is 6.04. The van der Waals surface area contributed by atoms with Crippen molar-refractivity contribution in [3.05, 3.63) is 51.8 Å². The number of thiophene rings is 1. The van der Waals surface area contributed by atoms with Crippen molar-refractivity contribution >= 4 is 43.3 Å². The van der Waals surface area contributed by atoms with Gasteiger partial charge in [-0.2, -0.15) is 4.72 Å². The van der Waals surface area contributed by atoms with Crippen molar-refractivity contribution in [3.63, 3.8) is 0 Å². The van der Waals surface area contributed by atoms with Crippen LogP contribution in [0, 0.1) is 0 Å². The molecule has 0 aliphatic rings. The van der Waals surface area contributed by atoms with Gasteiger partial charge in [0.2, 0.25) is 0 Å². The fourth-order valence-corrected chi connectivity index (χ4v) is 5.12. The number of nitrogens with one attached hydrogen (secondary N) is 1. The molecule has 106 valence electrons. The number of carbonyl (C=O) groups is 1. The van der Waals surface area contributed by atoms with E-state index in [1.54, 1.807) is 41.8 Å². The fraction of sp³-hybridized carbons (Fsp3) is 0.0833. The van der Waals surface area contributed by atoms with E-state index in [2.05, 4.69) is 20.7 Å². The van der Waals surface area contributed by atoms with Crippen LogP contribution in [0.3, 0.4) is 0 Å². The molecule has 0 radical (unpaired) electrons. The van der Waals surface area contributed by atoms with Crippen molar-refractivity contribution in [2.24, 2.45) is 0 Å². The summed E-state index contributed by atoms with van der Waals surface area (Å²) in [4.78, 5) is 11.3. The maximum atomic E-state index is 12.2. The predicted molar refractivity (Wildman–Crippen MR) is 79.2 cm³/mol. The van der Waals surface area contributed by atoms with Gasteiger partial charge >= 0.3 is 5.97 Å². The molecule has 0 saturated carbocycles. The maximum Gasteiger partial charge on any atom is 0.326 e. The molecule has 0 aliphatic heterocycles. The van der Waals surface area contributed by atoms with Crippen LogP contribution in [0.25, 0.3) is 0 Å². The largest absolute Gasteiger partial charge is 0.480 e. The molecule has 1 heterocycles. The van der Waals surface area contributed by atoms with Gasteiger partial charge < -0.3 is 5.11 Å². The maximum absolute atomic E-state index is 12.2. The van der Waals surface area contributed by atoms with E-state index in [1.165, 1.54) is 0 Å². The summed E-state index contributed by atoms with van der Waals surface area (Å²) in [7, 11) is -3.90. The molecule has 1 aromatic heterocycles. The number of benzene rings is 1. The zero-order valence-electron chi connectivity index (χ0n) is 9.99. The molecule has 0 amide bonds. The molecular formula is C12H10BrNO4S2. The summed E-state index contributed by atoms with van der Waals surface area (Å²) in [5.41, 5.74) is 0.372. The lowest BCUT2D eigenvalue weighted by Gasteiger charge is -2.14. The van der Waals surface area contributed by atoms with Gasteiger partial charge in [0, 0.05) is 4.47 Å². The Bertz CT molecular complexity index is 712. The summed E-state index contributed by atoms with van der Waals surface area (Å²) in [6.07, 6.45) is 0. The minimum absolute atomic E-state index is 0.0553. The van der Waals surface area contributed by atoms with Gasteiger partial charge in [-0.05, 0) is 32.9 Å². The van der Waals surface area contributed by atoms with E-state index >= 15 is 0 Å². The van der Waals surface area contributed by atoms with Crippen molar-refractivity contribution < 1.29 is 18.3 Å². The Kier molecular flexibility index (Phi) is 4.59. The molecule has 1 aromatic carbocycles. The van der Waals surface area contributed by atoms with Crippen molar-refractivity contribution in [3.8, 4) is 0 Å². The van der Waals surface area contributed by atoms with E-state index in [-0.39, 0.29) is 4.21 Å². The van der Waals surface area contributed by atoms with Crippen LogP contribution in [0.15, 0.2) is 50.5 Å². The van der Waals surface area contributed by atoms with Crippen LogP contribution in [0.2, 0.25) is 0 Å². The number of halogens is 1. The zero-order valence-corrected chi connectivity index (χ0v) is 13.2. The summed E-state index contributed by atoms with van der Waals surface area (Å²) in [5.74, 6) is -1.26. The minimum atomic E-state index is -3.90. The normalized spacial score (nSPS) is 13.1. The quantitative estimate of drug-likeness (QED) is 0.840. The number of hydrogen-bond donors (Lipinski definition) is 2. The lowest BCUT2D eigenvalue weighted by molar-refractivity contribution is -0.139. The lowest BCUT2D eigenvalue weighted by Crippen LogP contribution is -2.33. The summed E-state index contributed by atoms with van der Waals surface area (Å²) in [6.45, 7) is 0. The highest BCUT2D eigenvalue weighted by Crippen LogP contribution is 2.28. The molecule has 2 rings (SSSR count). The highest BCUT2D eigenvalue weighted by Gasteiger charge is 2.28. The topological polar surface area (TPSA) is 83.5 Å². The van der Waals surface area contributed by atoms with Gasteiger partial charge in [0.05, 0.1) is 0 Å². The van der Waals surface area contributed by atoms with Crippen LogP contribution in [-0.4, -0.2) is 19.5 Å². The van der Waals surface area contributed by atoms with Crippen LogP contribution in [0.1, 0.15) is 11.6 Å². The van der Waals surface area contributed by atoms with Gasteiger partial charge in [-0.15, -0.1) is 11.3 Å². The third-order valence-electron chi connectivity index (χ3n) is 2.48. The number of carboxylic acid groups (broad SMARTS) is 1. The van der Waals surface area contributed by atoms with Gasteiger partial charge in [0.25, 0.3) is 10.0 Å². The molecule has 5 nitrogen and oxygen atoms in total. The first-order valence-corrected chi connectivity index (χ1v) is 8.60. The number of aliphatic carboxylic acids is 1. The van der Waals surface area contributed by atoms with Gasteiger partial charge in [0.15, 0.2) is 0 Å². The molecule has 2 N–H and O–H groups in total. The molecule has 0 saturated heterocycles. The third kappa shape index (κ3) is 3.26. The molecule has 20 heavy (non-hydrogen) atoms. The number of hydrogen-bond acceptors (Lipinski definition) is 4. The van der Waals surface area contributed by atoms with Crippen molar-refractivity contribution in [2.75, 3.05) is 0 Å². The first-order chi connectivity index (χ1) is 9.42. The van der Waals surface area contributed by atoms with Gasteiger partial charge in [0.1, 0.15) is 10.3 Å². The number of carboxylic acids is 1. The Balaban J connectivity index is 2.35. The monoisotopic (exact) mass is 375 g/mol. The van der Waals surface area contributed by atoms with Gasteiger partial charge in [-0.25, -0.2) is 8.42 Å². The Morgan fingerprint density at radius 3 is 2.40 bits per heavy atom. The zero-order chi connectivity index (χ0) is 14.8. The van der Waals surface area contributed by atoms with E-state index in [0.29, 0.717) is 10.0 Å². The highest BCUT2D eigenvalue weighted by molar-refractivity contribution is 9.10. The van der Waals surface area contributed by atoms with E-state index in [4.69, 9.17) is 0 Å². The summed E-state index contributed by atoms with van der Waals surface area (Å²) in [5, 5.41) is 10.8. The molecule has 8 heteroatoms. The molecular weight excluding hydrogens is 366 g/mol. The Labute approximate surface area is 128 Å². The summed E-state index contributed by atoms with van der Waals surface area (Å²) < 4.78 is 27.1. The van der Waals surface area contributed by atoms with Gasteiger partial charge in [-0.1, -0.05) is 30.3 Å². The average Bonchev–Trinajstić information content (AvgIpc) is 2.84. The van der Waals surface area contributed by atoms with Crippen LogP contribution in [0.4, 0.5) is 0 Å². The van der Waals surface area contributed by atoms with E-state index < -0.39 is 22.0 Å². The molecule has 0 bridgehead atoms. The average molecular weight is 376 g/mol. The Morgan fingerprint density at radius 1 is 1.25 bits per heavy atom. The smallest absolute Gasteiger partial charge is 0.326 e. The highest BCUT2D eigenvalue weighted by atomic mass is 79.9. The predicted octanol–water partition coefficient (Wildman–Crippen LogP) is 2.61. The van der Waals surface area contributed by atoms with Crippen LogP contribution in [-0.2, 0) is 14.8 Å². The van der Waals surface area contributed by atoms with Crippen molar-refractivity contribution in [1.29, 1.82) is 0 Å². The number of sulfonamides is 1. The van der Waals surface area contributed by atoms with Crippen molar-refractivity contribution in [2.45, 2.75) is 10.3 Å². The molecule has 0 fully saturated rings. The molecule has 0 unspecified atom stereocenters. The molecule has 1 atom stereocenters. The van der Waals surface area contributed by atoms with Crippen molar-refractivity contribution in [1.82, 2.24) is 4.72 Å². The van der Waals surface area contributed by atoms with Crippen LogP contribution >= 0.6 is 27.3 Å². The first kappa shape index (κ1) is 15.2. The lowest BCUT2D eigenvalue weighted by atomic mass is 10.1. The van der Waals surface area contributed by atoms with E-state index in [1.807, 2.05) is 0 Å². The molecule has 0 aliphatic carbocycles. The molecule has 0 spiro atoms. The Hall–Kier alpha value is -1.22. The third-order valence-corrected chi connectivity index (χ3v) is 6.57. The standard InChI is InChI=1S/C12H10BrNO4S2/c13-9-6-7-19-12(9)20(17,18)14-10(11(15)16)8-4-2-1-3-5-8/h1-7,10,14H,(H,15,16)/t10-/m0/s1.